The molecule has 2 aromatic carbocycles. The molecule has 6 nitrogen and oxygen atoms in total. The third-order valence-electron chi connectivity index (χ3n) is 5.54. The average molecular weight is 453 g/mol. The van der Waals surface area contributed by atoms with Crippen molar-refractivity contribution in [2.75, 3.05) is 32.8 Å². The van der Waals surface area contributed by atoms with Crippen LogP contribution in [-0.2, 0) is 27.7 Å². The number of hydrogen-bond donors (Lipinski definition) is 0. The van der Waals surface area contributed by atoms with Crippen molar-refractivity contribution in [1.29, 1.82) is 0 Å². The Morgan fingerprint density at radius 2 is 1.77 bits per heavy atom. The Kier molecular flexibility index (Phi) is 5.99. The van der Waals surface area contributed by atoms with Gasteiger partial charge in [0.05, 0.1) is 9.92 Å². The minimum absolute atomic E-state index is 0.0908. The van der Waals surface area contributed by atoms with E-state index in [2.05, 4.69) is 0 Å². The van der Waals surface area contributed by atoms with Crippen LogP contribution < -0.4 is 4.74 Å². The van der Waals surface area contributed by atoms with Crippen molar-refractivity contribution in [3.05, 3.63) is 58.4 Å². The van der Waals surface area contributed by atoms with E-state index in [1.807, 2.05) is 6.07 Å². The van der Waals surface area contributed by atoms with Crippen LogP contribution in [0.3, 0.4) is 0 Å². The van der Waals surface area contributed by atoms with E-state index in [0.29, 0.717) is 4.90 Å². The first kappa shape index (κ1) is 21.1. The molecule has 0 aromatic heterocycles. The number of benzene rings is 2. The molecule has 0 bridgehead atoms. The predicted octanol–water partition coefficient (Wildman–Crippen LogP) is 2.88. The highest BCUT2D eigenvalue weighted by atomic mass is 35.5. The molecular weight excluding hydrogens is 431 g/mol. The molecule has 160 valence electrons. The standard InChI is InChI=1S/C21H22ClFN2O4S/c22-19-13-17(23)5-7-20(19)29-14-21(26)24-8-10-25(11-9-24)30(27,28)18-6-4-15-2-1-3-16(15)12-18/h4-7,12-13H,1-3,8-11,14H2. The summed E-state index contributed by atoms with van der Waals surface area (Å²) < 4.78 is 45.9. The van der Waals surface area contributed by atoms with E-state index >= 15 is 0 Å². The third kappa shape index (κ3) is 4.31. The highest BCUT2D eigenvalue weighted by molar-refractivity contribution is 7.89. The van der Waals surface area contributed by atoms with Crippen molar-refractivity contribution in [3.63, 3.8) is 0 Å². The number of fused-ring (bicyclic) bond motifs is 1. The van der Waals surface area contributed by atoms with E-state index in [1.165, 1.54) is 22.0 Å². The van der Waals surface area contributed by atoms with Gasteiger partial charge in [-0.15, -0.1) is 0 Å². The topological polar surface area (TPSA) is 66.9 Å². The largest absolute Gasteiger partial charge is 0.482 e. The Hall–Kier alpha value is -2.16. The summed E-state index contributed by atoms with van der Waals surface area (Å²) in [6, 6.07) is 9.06. The average Bonchev–Trinajstić information content (AvgIpc) is 3.21. The molecule has 2 aromatic rings. The van der Waals surface area contributed by atoms with Gasteiger partial charge in [0.1, 0.15) is 11.6 Å². The van der Waals surface area contributed by atoms with Gasteiger partial charge in [-0.3, -0.25) is 4.79 Å². The van der Waals surface area contributed by atoms with E-state index < -0.39 is 15.8 Å². The first-order valence-electron chi connectivity index (χ1n) is 9.82. The van der Waals surface area contributed by atoms with Gasteiger partial charge in [0.25, 0.3) is 5.91 Å². The Bertz CT molecular complexity index is 1070. The molecular formula is C21H22ClFN2O4S. The zero-order valence-corrected chi connectivity index (χ0v) is 17.9. The number of rotatable bonds is 5. The fourth-order valence-electron chi connectivity index (χ4n) is 3.86. The van der Waals surface area contributed by atoms with Crippen molar-refractivity contribution in [1.82, 2.24) is 9.21 Å². The van der Waals surface area contributed by atoms with Crippen LogP contribution in [0, 0.1) is 5.82 Å². The monoisotopic (exact) mass is 452 g/mol. The number of amides is 1. The minimum atomic E-state index is -3.59. The molecule has 1 aliphatic carbocycles. The molecule has 0 radical (unpaired) electrons. The van der Waals surface area contributed by atoms with Gasteiger partial charge >= 0.3 is 0 Å². The molecule has 1 amide bonds. The molecule has 0 unspecified atom stereocenters. The summed E-state index contributed by atoms with van der Waals surface area (Å²) in [5.41, 5.74) is 2.34. The highest BCUT2D eigenvalue weighted by Gasteiger charge is 2.31. The Balaban J connectivity index is 1.34. The SMILES string of the molecule is O=C(COc1ccc(F)cc1Cl)N1CCN(S(=O)(=O)c2ccc3c(c2)CCC3)CC1. The van der Waals surface area contributed by atoms with Crippen LogP contribution in [0.2, 0.25) is 5.02 Å². The van der Waals surface area contributed by atoms with E-state index in [-0.39, 0.29) is 49.5 Å². The molecule has 1 heterocycles. The highest BCUT2D eigenvalue weighted by Crippen LogP contribution is 2.27. The van der Waals surface area contributed by atoms with Crippen LogP contribution in [0.4, 0.5) is 4.39 Å². The van der Waals surface area contributed by atoms with Crippen molar-refractivity contribution in [2.45, 2.75) is 24.2 Å². The van der Waals surface area contributed by atoms with E-state index in [4.69, 9.17) is 16.3 Å². The molecule has 0 spiro atoms. The normalized spacial score (nSPS) is 17.1. The second kappa shape index (κ2) is 8.53. The van der Waals surface area contributed by atoms with Crippen LogP contribution in [0.25, 0.3) is 0 Å². The number of nitrogens with zero attached hydrogens (tertiary/aromatic N) is 2. The summed E-state index contributed by atoms with van der Waals surface area (Å²) in [6.07, 6.45) is 2.98. The number of carbonyl (C=O) groups is 1. The van der Waals surface area contributed by atoms with E-state index in [0.717, 1.165) is 30.9 Å². The molecule has 1 saturated heterocycles. The number of aryl methyl sites for hydroxylation is 2. The fraction of sp³-hybridized carbons (Fsp3) is 0.381. The Labute approximate surface area is 180 Å². The summed E-state index contributed by atoms with van der Waals surface area (Å²) >= 11 is 5.90. The summed E-state index contributed by atoms with van der Waals surface area (Å²) in [6.45, 7) is 0.765. The lowest BCUT2D eigenvalue weighted by Gasteiger charge is -2.34. The van der Waals surface area contributed by atoms with Gasteiger partial charge in [-0.05, 0) is 60.7 Å². The third-order valence-corrected chi connectivity index (χ3v) is 7.73. The molecule has 2 aliphatic rings. The maximum absolute atomic E-state index is 13.1. The van der Waals surface area contributed by atoms with Crippen LogP contribution >= 0.6 is 11.6 Å². The van der Waals surface area contributed by atoms with Gasteiger partial charge in [0, 0.05) is 26.2 Å². The lowest BCUT2D eigenvalue weighted by molar-refractivity contribution is -0.134. The van der Waals surface area contributed by atoms with Gasteiger partial charge < -0.3 is 9.64 Å². The van der Waals surface area contributed by atoms with Gasteiger partial charge in [-0.1, -0.05) is 17.7 Å². The summed E-state index contributed by atoms with van der Waals surface area (Å²) in [5, 5.41) is 0.0908. The molecule has 30 heavy (non-hydrogen) atoms. The van der Waals surface area contributed by atoms with Gasteiger partial charge in [0.15, 0.2) is 6.61 Å². The van der Waals surface area contributed by atoms with Crippen molar-refractivity contribution >= 4 is 27.5 Å². The minimum Gasteiger partial charge on any atom is -0.482 e. The lowest BCUT2D eigenvalue weighted by Crippen LogP contribution is -2.51. The first-order valence-corrected chi connectivity index (χ1v) is 11.6. The van der Waals surface area contributed by atoms with Crippen LogP contribution in [0.15, 0.2) is 41.3 Å². The first-order chi connectivity index (χ1) is 14.3. The second-order valence-corrected chi connectivity index (χ2v) is 9.78. The molecule has 0 atom stereocenters. The van der Waals surface area contributed by atoms with Crippen LogP contribution in [-0.4, -0.2) is 56.3 Å². The maximum atomic E-state index is 13.1. The molecule has 1 aliphatic heterocycles. The maximum Gasteiger partial charge on any atom is 0.260 e. The van der Waals surface area contributed by atoms with Crippen molar-refractivity contribution in [3.8, 4) is 5.75 Å². The van der Waals surface area contributed by atoms with Gasteiger partial charge in [0.2, 0.25) is 10.0 Å². The van der Waals surface area contributed by atoms with Crippen molar-refractivity contribution < 1.29 is 22.3 Å². The zero-order chi connectivity index (χ0) is 21.3. The summed E-state index contributed by atoms with van der Waals surface area (Å²) in [7, 11) is -3.59. The van der Waals surface area contributed by atoms with Gasteiger partial charge in [-0.25, -0.2) is 12.8 Å². The summed E-state index contributed by atoms with van der Waals surface area (Å²) in [5.74, 6) is -0.534. The zero-order valence-electron chi connectivity index (χ0n) is 16.3. The predicted molar refractivity (Wildman–Crippen MR) is 111 cm³/mol. The van der Waals surface area contributed by atoms with E-state index in [1.54, 1.807) is 17.0 Å². The Morgan fingerprint density at radius 1 is 1.03 bits per heavy atom. The molecule has 0 N–H and O–H groups in total. The number of sulfonamides is 1. The smallest absolute Gasteiger partial charge is 0.260 e. The molecule has 4 rings (SSSR count). The lowest BCUT2D eigenvalue weighted by atomic mass is 10.1. The number of carbonyl (C=O) groups excluding carboxylic acids is 1. The van der Waals surface area contributed by atoms with Crippen LogP contribution in [0.5, 0.6) is 5.75 Å². The Morgan fingerprint density at radius 3 is 2.50 bits per heavy atom. The number of hydrogen-bond acceptors (Lipinski definition) is 4. The second-order valence-electron chi connectivity index (χ2n) is 7.43. The summed E-state index contributed by atoms with van der Waals surface area (Å²) in [4.78, 5) is 14.3. The molecule has 1 fully saturated rings. The van der Waals surface area contributed by atoms with Gasteiger partial charge in [-0.2, -0.15) is 4.31 Å². The number of halogens is 2. The quantitative estimate of drug-likeness (QED) is 0.699. The number of ether oxygens (including phenoxy) is 1. The van der Waals surface area contributed by atoms with Crippen molar-refractivity contribution in [2.24, 2.45) is 0 Å². The van der Waals surface area contributed by atoms with E-state index in [9.17, 15) is 17.6 Å². The fourth-order valence-corrected chi connectivity index (χ4v) is 5.55. The molecule has 0 saturated carbocycles. The number of piperazine rings is 1. The van der Waals surface area contributed by atoms with Crippen LogP contribution in [0.1, 0.15) is 17.5 Å². The molecule has 9 heteroatoms.